The van der Waals surface area contributed by atoms with E-state index in [4.69, 9.17) is 5.21 Å². The smallest absolute Gasteiger partial charge is 0.280 e. The average molecular weight is 305 g/mol. The predicted molar refractivity (Wildman–Crippen MR) is 77.2 cm³/mol. The topological polar surface area (TPSA) is 131 Å². The molecule has 1 aromatic heterocycles. The van der Waals surface area contributed by atoms with Crippen molar-refractivity contribution >= 4 is 17.6 Å². The number of oxime groups is 1. The molecule has 9 nitrogen and oxygen atoms in total. The molecule has 1 saturated carbocycles. The van der Waals surface area contributed by atoms with Gasteiger partial charge in [0.15, 0.2) is 5.71 Å². The van der Waals surface area contributed by atoms with Gasteiger partial charge >= 0.3 is 0 Å². The highest BCUT2D eigenvalue weighted by atomic mass is 16.6. The third-order valence-electron chi connectivity index (χ3n) is 3.33. The van der Waals surface area contributed by atoms with Gasteiger partial charge in [0.1, 0.15) is 0 Å². The molecule has 1 aliphatic rings. The zero-order valence-electron chi connectivity index (χ0n) is 11.7. The minimum atomic E-state index is -0.841. The number of rotatable bonds is 4. The van der Waals surface area contributed by atoms with Crippen LogP contribution >= 0.6 is 0 Å². The highest BCUT2D eigenvalue weighted by Crippen LogP contribution is 2.25. The normalized spacial score (nSPS) is 20.6. The monoisotopic (exact) mass is 305 g/mol. The molecule has 0 aromatic carbocycles. The summed E-state index contributed by atoms with van der Waals surface area (Å²) < 4.78 is 0. The van der Waals surface area contributed by atoms with Crippen LogP contribution in [0.5, 0.6) is 0 Å². The lowest BCUT2D eigenvalue weighted by Gasteiger charge is -2.18. The molecule has 2 N–H and O–H groups in total. The first kappa shape index (κ1) is 15.5. The molecule has 1 atom stereocenters. The Balaban J connectivity index is 2.15. The van der Waals surface area contributed by atoms with Crippen LogP contribution in [0.4, 0.5) is 5.95 Å². The number of amides is 1. The number of nitrogens with one attached hydrogen (secondary N) is 1. The molecular formula is C13H15N5O4. The van der Waals surface area contributed by atoms with Gasteiger partial charge in [-0.05, 0) is 31.4 Å². The van der Waals surface area contributed by atoms with E-state index in [-0.39, 0.29) is 16.6 Å². The van der Waals surface area contributed by atoms with E-state index in [2.05, 4.69) is 20.4 Å². The van der Waals surface area contributed by atoms with Crippen LogP contribution in [-0.4, -0.2) is 37.8 Å². The van der Waals surface area contributed by atoms with Crippen LogP contribution in [0.2, 0.25) is 0 Å². The fourth-order valence-electron chi connectivity index (χ4n) is 2.27. The second-order valence-electron chi connectivity index (χ2n) is 4.78. The highest BCUT2D eigenvalue weighted by molar-refractivity contribution is 6.46. The average Bonchev–Trinajstić information content (AvgIpc) is 2.53. The first-order valence-electron chi connectivity index (χ1n) is 6.76. The van der Waals surface area contributed by atoms with Gasteiger partial charge in [0, 0.05) is 29.3 Å². The summed E-state index contributed by atoms with van der Waals surface area (Å²) in [5.74, 6) is -0.671. The van der Waals surface area contributed by atoms with Crippen molar-refractivity contribution < 1.29 is 14.9 Å². The fourth-order valence-corrected chi connectivity index (χ4v) is 2.27. The van der Waals surface area contributed by atoms with Gasteiger partial charge in [-0.25, -0.2) is 9.97 Å². The number of nitro groups is 1. The number of carbonyl (C=O) groups is 1. The van der Waals surface area contributed by atoms with E-state index in [0.29, 0.717) is 18.4 Å². The molecule has 0 bridgehead atoms. The molecule has 9 heteroatoms. The number of carbonyl (C=O) groups excluding carboxylic acids is 1. The Labute approximate surface area is 125 Å². The standard InChI is InChI=1S/C13H15N5O4/c19-12(16-13-14-6-3-7-15-13)10(17-20)8-9-4-1-2-5-11(9)18(21)22/h3,6-8,11,20H,1-2,4-5H2,(H,14,15,16,19)/b9-8+,17-10+. The first-order chi connectivity index (χ1) is 10.6. The largest absolute Gasteiger partial charge is 0.410 e. The lowest BCUT2D eigenvalue weighted by molar-refractivity contribution is -0.514. The fraction of sp³-hybridized carbons (Fsp3) is 0.385. The molecule has 1 aliphatic carbocycles. The van der Waals surface area contributed by atoms with Crippen molar-refractivity contribution in [1.82, 2.24) is 9.97 Å². The second kappa shape index (κ2) is 7.25. The summed E-state index contributed by atoms with van der Waals surface area (Å²) in [6, 6.07) is 0.744. The Bertz CT molecular complexity index is 614. The molecule has 1 aromatic rings. The number of hydrogen-bond acceptors (Lipinski definition) is 7. The van der Waals surface area contributed by atoms with E-state index in [1.54, 1.807) is 6.07 Å². The highest BCUT2D eigenvalue weighted by Gasteiger charge is 2.29. The van der Waals surface area contributed by atoms with Gasteiger partial charge in [-0.15, -0.1) is 0 Å². The summed E-state index contributed by atoms with van der Waals surface area (Å²) in [4.78, 5) is 30.3. The maximum absolute atomic E-state index is 12.0. The summed E-state index contributed by atoms with van der Waals surface area (Å²) >= 11 is 0. The summed E-state index contributed by atoms with van der Waals surface area (Å²) in [6.45, 7) is 0. The second-order valence-corrected chi connectivity index (χ2v) is 4.78. The third-order valence-corrected chi connectivity index (χ3v) is 3.33. The molecule has 22 heavy (non-hydrogen) atoms. The van der Waals surface area contributed by atoms with Gasteiger partial charge in [-0.2, -0.15) is 0 Å². The molecule has 1 unspecified atom stereocenters. The Morgan fingerprint density at radius 2 is 2.18 bits per heavy atom. The number of aromatic nitrogens is 2. The van der Waals surface area contributed by atoms with Gasteiger partial charge in [-0.3, -0.25) is 20.2 Å². The zero-order valence-corrected chi connectivity index (χ0v) is 11.7. The van der Waals surface area contributed by atoms with Gasteiger partial charge in [-0.1, -0.05) is 5.16 Å². The Hall–Kier alpha value is -2.84. The molecule has 0 aliphatic heterocycles. The van der Waals surface area contributed by atoms with Crippen LogP contribution in [0.1, 0.15) is 25.7 Å². The van der Waals surface area contributed by atoms with Crippen molar-refractivity contribution in [2.45, 2.75) is 31.7 Å². The van der Waals surface area contributed by atoms with E-state index in [1.165, 1.54) is 18.5 Å². The summed E-state index contributed by atoms with van der Waals surface area (Å²) in [5, 5.41) is 25.3. The van der Waals surface area contributed by atoms with E-state index in [1.807, 2.05) is 0 Å². The van der Waals surface area contributed by atoms with Crippen molar-refractivity contribution in [2.24, 2.45) is 5.16 Å². The van der Waals surface area contributed by atoms with Crippen LogP contribution in [-0.2, 0) is 4.79 Å². The van der Waals surface area contributed by atoms with Gasteiger partial charge < -0.3 is 5.21 Å². The van der Waals surface area contributed by atoms with Crippen molar-refractivity contribution in [3.63, 3.8) is 0 Å². The zero-order chi connectivity index (χ0) is 15.9. The first-order valence-corrected chi connectivity index (χ1v) is 6.76. The Kier molecular flexibility index (Phi) is 5.12. The Morgan fingerprint density at radius 3 is 2.82 bits per heavy atom. The lowest BCUT2D eigenvalue weighted by atomic mass is 9.89. The molecule has 2 rings (SSSR count). The number of anilines is 1. The minimum Gasteiger partial charge on any atom is -0.410 e. The number of nitrogens with zero attached hydrogens (tertiary/aromatic N) is 4. The van der Waals surface area contributed by atoms with Crippen LogP contribution in [0.3, 0.4) is 0 Å². The van der Waals surface area contributed by atoms with E-state index in [0.717, 1.165) is 12.8 Å². The molecular weight excluding hydrogens is 290 g/mol. The van der Waals surface area contributed by atoms with Gasteiger partial charge in [0.05, 0.1) is 0 Å². The summed E-state index contributed by atoms with van der Waals surface area (Å²) in [7, 11) is 0. The van der Waals surface area contributed by atoms with Crippen molar-refractivity contribution in [2.75, 3.05) is 5.32 Å². The molecule has 1 amide bonds. The quantitative estimate of drug-likeness (QED) is 0.374. The van der Waals surface area contributed by atoms with Crippen LogP contribution < -0.4 is 5.32 Å². The summed E-state index contributed by atoms with van der Waals surface area (Å²) in [5.41, 5.74) is 0.171. The third kappa shape index (κ3) is 3.84. The number of hydrogen-bond donors (Lipinski definition) is 2. The van der Waals surface area contributed by atoms with E-state index < -0.39 is 11.9 Å². The molecule has 1 fully saturated rings. The molecule has 1 heterocycles. The predicted octanol–water partition coefficient (Wildman–Crippen LogP) is 1.39. The van der Waals surface area contributed by atoms with Gasteiger partial charge in [0.25, 0.3) is 5.91 Å². The Morgan fingerprint density at radius 1 is 1.45 bits per heavy atom. The van der Waals surface area contributed by atoms with Crippen molar-refractivity contribution in [1.29, 1.82) is 0 Å². The molecule has 0 radical (unpaired) electrons. The van der Waals surface area contributed by atoms with Crippen LogP contribution in [0, 0.1) is 10.1 Å². The molecule has 0 spiro atoms. The van der Waals surface area contributed by atoms with E-state index in [9.17, 15) is 14.9 Å². The van der Waals surface area contributed by atoms with Gasteiger partial charge in [0.2, 0.25) is 12.0 Å². The minimum absolute atomic E-state index is 0.0570. The maximum Gasteiger partial charge on any atom is 0.280 e. The van der Waals surface area contributed by atoms with Crippen LogP contribution in [0.15, 0.2) is 35.3 Å². The molecule has 0 saturated heterocycles. The SMILES string of the molecule is O=C(Nc1ncccn1)C(/C=C1\CCCCC1[N+](=O)[O-])=N/O. The summed E-state index contributed by atoms with van der Waals surface area (Å²) in [6.07, 6.45) is 6.64. The van der Waals surface area contributed by atoms with Crippen LogP contribution in [0.25, 0.3) is 0 Å². The van der Waals surface area contributed by atoms with E-state index >= 15 is 0 Å². The van der Waals surface area contributed by atoms with Crippen molar-refractivity contribution in [3.8, 4) is 0 Å². The van der Waals surface area contributed by atoms with Crippen molar-refractivity contribution in [3.05, 3.63) is 40.2 Å². The lowest BCUT2D eigenvalue weighted by Crippen LogP contribution is -2.28. The molecule has 116 valence electrons. The maximum atomic E-state index is 12.0.